The first-order valence-electron chi connectivity index (χ1n) is 7.44. The summed E-state index contributed by atoms with van der Waals surface area (Å²) in [6.07, 6.45) is 0. The lowest BCUT2D eigenvalue weighted by Gasteiger charge is -2.23. The Morgan fingerprint density at radius 2 is 2.26 bits per heavy atom. The maximum atomic E-state index is 13.3. The molecular formula is C16H20FN3O3. The van der Waals surface area contributed by atoms with Gasteiger partial charge in [0.2, 0.25) is 0 Å². The van der Waals surface area contributed by atoms with Crippen molar-refractivity contribution >= 4 is 12.0 Å². The SMILES string of the molecule is CCOC(=O)C1=C(CNC(C)c2cccc(F)c2)NC(=O)NC1. The topological polar surface area (TPSA) is 79.5 Å². The zero-order valence-corrected chi connectivity index (χ0v) is 13.1. The number of benzene rings is 1. The number of rotatable bonds is 6. The number of urea groups is 1. The second-order valence-electron chi connectivity index (χ2n) is 5.14. The molecule has 1 aliphatic heterocycles. The van der Waals surface area contributed by atoms with Crippen LogP contribution in [-0.2, 0) is 9.53 Å². The molecule has 1 unspecified atom stereocenters. The van der Waals surface area contributed by atoms with E-state index in [9.17, 15) is 14.0 Å². The van der Waals surface area contributed by atoms with Gasteiger partial charge in [-0.1, -0.05) is 12.1 Å². The molecule has 23 heavy (non-hydrogen) atoms. The molecule has 0 bridgehead atoms. The van der Waals surface area contributed by atoms with Gasteiger partial charge in [0.1, 0.15) is 5.82 Å². The first-order valence-corrected chi connectivity index (χ1v) is 7.44. The van der Waals surface area contributed by atoms with Crippen molar-refractivity contribution in [3.05, 3.63) is 46.9 Å². The van der Waals surface area contributed by atoms with Crippen molar-refractivity contribution in [2.75, 3.05) is 19.7 Å². The van der Waals surface area contributed by atoms with Gasteiger partial charge in [-0.2, -0.15) is 0 Å². The molecule has 0 fully saturated rings. The molecule has 0 aliphatic carbocycles. The van der Waals surface area contributed by atoms with E-state index < -0.39 is 5.97 Å². The van der Waals surface area contributed by atoms with Gasteiger partial charge in [0.05, 0.1) is 18.7 Å². The fraction of sp³-hybridized carbons (Fsp3) is 0.375. The zero-order chi connectivity index (χ0) is 16.8. The smallest absolute Gasteiger partial charge is 0.337 e. The number of esters is 1. The van der Waals surface area contributed by atoms with E-state index in [1.165, 1.54) is 12.1 Å². The molecule has 0 spiro atoms. The van der Waals surface area contributed by atoms with Gasteiger partial charge in [0, 0.05) is 18.3 Å². The van der Waals surface area contributed by atoms with Crippen LogP contribution in [0.15, 0.2) is 35.5 Å². The second-order valence-corrected chi connectivity index (χ2v) is 5.14. The molecule has 3 N–H and O–H groups in total. The molecule has 1 aliphatic rings. The van der Waals surface area contributed by atoms with Crippen LogP contribution in [-0.4, -0.2) is 31.7 Å². The van der Waals surface area contributed by atoms with Crippen LogP contribution in [0.1, 0.15) is 25.5 Å². The monoisotopic (exact) mass is 321 g/mol. The molecule has 1 aromatic carbocycles. The number of amides is 2. The molecule has 0 radical (unpaired) electrons. The molecule has 1 aromatic rings. The van der Waals surface area contributed by atoms with E-state index in [4.69, 9.17) is 4.74 Å². The van der Waals surface area contributed by atoms with E-state index in [0.717, 1.165) is 5.56 Å². The van der Waals surface area contributed by atoms with E-state index in [2.05, 4.69) is 16.0 Å². The number of carbonyl (C=O) groups excluding carboxylic acids is 2. The number of hydrogen-bond acceptors (Lipinski definition) is 4. The quantitative estimate of drug-likeness (QED) is 0.696. The minimum Gasteiger partial charge on any atom is -0.463 e. The van der Waals surface area contributed by atoms with Crippen LogP contribution in [0.4, 0.5) is 9.18 Å². The van der Waals surface area contributed by atoms with Crippen molar-refractivity contribution in [3.63, 3.8) is 0 Å². The molecule has 0 saturated heterocycles. The number of hydrogen-bond donors (Lipinski definition) is 3. The molecule has 7 heteroatoms. The Morgan fingerprint density at radius 3 is 2.96 bits per heavy atom. The van der Waals surface area contributed by atoms with Gasteiger partial charge < -0.3 is 20.7 Å². The van der Waals surface area contributed by atoms with Crippen LogP contribution in [0, 0.1) is 5.82 Å². The molecular weight excluding hydrogens is 301 g/mol. The summed E-state index contributed by atoms with van der Waals surface area (Å²) in [6, 6.07) is 5.76. The summed E-state index contributed by atoms with van der Waals surface area (Å²) in [5, 5.41) is 8.33. The molecule has 0 saturated carbocycles. The van der Waals surface area contributed by atoms with Crippen molar-refractivity contribution in [1.82, 2.24) is 16.0 Å². The lowest BCUT2D eigenvalue weighted by molar-refractivity contribution is -0.138. The van der Waals surface area contributed by atoms with Crippen LogP contribution in [0.5, 0.6) is 0 Å². The van der Waals surface area contributed by atoms with Gasteiger partial charge in [-0.15, -0.1) is 0 Å². The van der Waals surface area contributed by atoms with Crippen molar-refractivity contribution in [1.29, 1.82) is 0 Å². The highest BCUT2D eigenvalue weighted by Gasteiger charge is 2.23. The fourth-order valence-electron chi connectivity index (χ4n) is 2.25. The molecule has 2 rings (SSSR count). The number of ether oxygens (including phenoxy) is 1. The normalized spacial score (nSPS) is 15.7. The van der Waals surface area contributed by atoms with Crippen molar-refractivity contribution in [2.45, 2.75) is 19.9 Å². The van der Waals surface area contributed by atoms with Gasteiger partial charge in [-0.05, 0) is 31.5 Å². The third-order valence-electron chi connectivity index (χ3n) is 3.51. The average Bonchev–Trinajstić information content (AvgIpc) is 2.52. The Morgan fingerprint density at radius 1 is 1.48 bits per heavy atom. The molecule has 1 heterocycles. The van der Waals surface area contributed by atoms with Gasteiger partial charge in [-0.25, -0.2) is 14.0 Å². The Balaban J connectivity index is 2.08. The summed E-state index contributed by atoms with van der Waals surface area (Å²) in [5.74, 6) is -0.770. The Labute approximate surface area is 134 Å². The summed E-state index contributed by atoms with van der Waals surface area (Å²) in [7, 11) is 0. The summed E-state index contributed by atoms with van der Waals surface area (Å²) < 4.78 is 18.3. The largest absolute Gasteiger partial charge is 0.463 e. The first kappa shape index (κ1) is 17.0. The van der Waals surface area contributed by atoms with E-state index in [1.54, 1.807) is 13.0 Å². The van der Waals surface area contributed by atoms with E-state index in [1.807, 2.05) is 13.0 Å². The maximum Gasteiger partial charge on any atom is 0.337 e. The van der Waals surface area contributed by atoms with Crippen molar-refractivity contribution in [2.24, 2.45) is 0 Å². The van der Waals surface area contributed by atoms with Crippen LogP contribution in [0.25, 0.3) is 0 Å². The zero-order valence-electron chi connectivity index (χ0n) is 13.1. The molecule has 6 nitrogen and oxygen atoms in total. The van der Waals surface area contributed by atoms with Crippen LogP contribution in [0.3, 0.4) is 0 Å². The van der Waals surface area contributed by atoms with Crippen molar-refractivity contribution in [3.8, 4) is 0 Å². The molecule has 2 amide bonds. The lowest BCUT2D eigenvalue weighted by Crippen LogP contribution is -2.46. The highest BCUT2D eigenvalue weighted by Crippen LogP contribution is 2.14. The van der Waals surface area contributed by atoms with E-state index in [-0.39, 0.29) is 37.6 Å². The maximum absolute atomic E-state index is 13.3. The Kier molecular flexibility index (Phi) is 5.70. The van der Waals surface area contributed by atoms with Crippen LogP contribution < -0.4 is 16.0 Å². The number of nitrogens with one attached hydrogen (secondary N) is 3. The predicted octanol–water partition coefficient (Wildman–Crippen LogP) is 1.61. The number of halogens is 1. The molecule has 1 atom stereocenters. The minimum absolute atomic E-state index is 0.121. The minimum atomic E-state index is -0.463. The Hall–Kier alpha value is -2.41. The fourth-order valence-corrected chi connectivity index (χ4v) is 2.25. The predicted molar refractivity (Wildman–Crippen MR) is 83.0 cm³/mol. The van der Waals surface area contributed by atoms with Crippen molar-refractivity contribution < 1.29 is 18.7 Å². The number of carbonyl (C=O) groups is 2. The van der Waals surface area contributed by atoms with Gasteiger partial charge in [0.15, 0.2) is 0 Å². The van der Waals surface area contributed by atoms with Crippen LogP contribution in [0.2, 0.25) is 0 Å². The van der Waals surface area contributed by atoms with Gasteiger partial charge in [0.25, 0.3) is 0 Å². The van der Waals surface area contributed by atoms with Crippen LogP contribution >= 0.6 is 0 Å². The van der Waals surface area contributed by atoms with E-state index >= 15 is 0 Å². The summed E-state index contributed by atoms with van der Waals surface area (Å²) in [4.78, 5) is 23.4. The van der Waals surface area contributed by atoms with E-state index in [0.29, 0.717) is 11.3 Å². The third-order valence-corrected chi connectivity index (χ3v) is 3.51. The molecule has 0 aromatic heterocycles. The second kappa shape index (κ2) is 7.73. The van der Waals surface area contributed by atoms with Gasteiger partial charge in [-0.3, -0.25) is 0 Å². The Bertz CT molecular complexity index is 631. The highest BCUT2D eigenvalue weighted by atomic mass is 19.1. The summed E-state index contributed by atoms with van der Waals surface area (Å²) >= 11 is 0. The van der Waals surface area contributed by atoms with Gasteiger partial charge >= 0.3 is 12.0 Å². The molecule has 124 valence electrons. The summed E-state index contributed by atoms with van der Waals surface area (Å²) in [5.41, 5.74) is 1.63. The lowest BCUT2D eigenvalue weighted by atomic mass is 10.1. The summed E-state index contributed by atoms with van der Waals surface area (Å²) in [6.45, 7) is 4.24. The average molecular weight is 321 g/mol. The first-order chi connectivity index (χ1) is 11.0. The standard InChI is InChI=1S/C16H20FN3O3/c1-3-23-15(21)13-8-19-16(22)20-14(13)9-18-10(2)11-5-4-6-12(17)7-11/h4-7,10,18H,3,8-9H2,1-2H3,(H2,19,20,22). The third kappa shape index (κ3) is 4.53. The highest BCUT2D eigenvalue weighted by molar-refractivity contribution is 5.93.